The van der Waals surface area contributed by atoms with Crippen LogP contribution < -0.4 is 10.6 Å². The van der Waals surface area contributed by atoms with Gasteiger partial charge in [-0.15, -0.1) is 24.0 Å². The van der Waals surface area contributed by atoms with Gasteiger partial charge in [0.1, 0.15) is 0 Å². The van der Waals surface area contributed by atoms with Crippen LogP contribution in [0, 0.1) is 0 Å². The number of hydrogen-bond acceptors (Lipinski definition) is 4. The van der Waals surface area contributed by atoms with Crippen molar-refractivity contribution in [3.05, 3.63) is 70.8 Å². The molecule has 32 heavy (non-hydrogen) atoms. The van der Waals surface area contributed by atoms with E-state index in [1.54, 1.807) is 7.05 Å². The minimum absolute atomic E-state index is 0. The molecule has 0 saturated carbocycles. The van der Waals surface area contributed by atoms with Crippen molar-refractivity contribution in [2.45, 2.75) is 46.2 Å². The van der Waals surface area contributed by atoms with E-state index in [0.29, 0.717) is 6.61 Å². The van der Waals surface area contributed by atoms with Crippen LogP contribution in [0.5, 0.6) is 0 Å². The van der Waals surface area contributed by atoms with Crippen molar-refractivity contribution in [3.8, 4) is 0 Å². The number of aliphatic imine (C=N–C) groups is 1. The normalized spacial score (nSPS) is 14.8. The molecule has 1 saturated heterocycles. The summed E-state index contributed by atoms with van der Waals surface area (Å²) in [6, 6.07) is 17.1. The molecule has 0 bridgehead atoms. The molecular formula is C25H37IN4O2. The third-order valence-electron chi connectivity index (χ3n) is 5.35. The Morgan fingerprint density at radius 2 is 1.59 bits per heavy atom. The molecule has 2 N–H and O–H groups in total. The first kappa shape index (κ1) is 26.6. The summed E-state index contributed by atoms with van der Waals surface area (Å²) in [6.07, 6.45) is 0.245. The Kier molecular flexibility index (Phi) is 12.0. The molecule has 7 heteroatoms. The predicted molar refractivity (Wildman–Crippen MR) is 141 cm³/mol. The second-order valence-corrected chi connectivity index (χ2v) is 8.11. The third kappa shape index (κ3) is 9.05. The van der Waals surface area contributed by atoms with Gasteiger partial charge in [-0.3, -0.25) is 9.89 Å². The lowest BCUT2D eigenvalue weighted by atomic mass is 10.1. The van der Waals surface area contributed by atoms with Gasteiger partial charge in [-0.25, -0.2) is 0 Å². The van der Waals surface area contributed by atoms with Gasteiger partial charge in [0.05, 0.1) is 25.9 Å². The first-order valence-electron chi connectivity index (χ1n) is 11.1. The van der Waals surface area contributed by atoms with E-state index >= 15 is 0 Å². The van der Waals surface area contributed by atoms with Crippen LogP contribution in [0.4, 0.5) is 0 Å². The van der Waals surface area contributed by atoms with Crippen LogP contribution in [0.15, 0.2) is 53.5 Å². The van der Waals surface area contributed by atoms with Crippen molar-refractivity contribution in [3.63, 3.8) is 0 Å². The second kappa shape index (κ2) is 14.5. The van der Waals surface area contributed by atoms with Crippen LogP contribution in [0.2, 0.25) is 0 Å². The highest BCUT2D eigenvalue weighted by Gasteiger charge is 2.12. The summed E-state index contributed by atoms with van der Waals surface area (Å²) < 4.78 is 11.1. The largest absolute Gasteiger partial charge is 0.379 e. The molecule has 0 unspecified atom stereocenters. The third-order valence-corrected chi connectivity index (χ3v) is 5.35. The summed E-state index contributed by atoms with van der Waals surface area (Å²) in [7, 11) is 1.81. The molecular weight excluding hydrogens is 515 g/mol. The van der Waals surface area contributed by atoms with Crippen LogP contribution in [0.25, 0.3) is 0 Å². The van der Waals surface area contributed by atoms with E-state index < -0.39 is 0 Å². The lowest BCUT2D eigenvalue weighted by Crippen LogP contribution is -2.37. The fraction of sp³-hybridized carbons (Fsp3) is 0.480. The summed E-state index contributed by atoms with van der Waals surface area (Å²) in [4.78, 5) is 6.83. The van der Waals surface area contributed by atoms with Crippen molar-refractivity contribution >= 4 is 29.9 Å². The lowest BCUT2D eigenvalue weighted by molar-refractivity contribution is 0.0341. The predicted octanol–water partition coefficient (Wildman–Crippen LogP) is 3.93. The molecule has 2 aromatic carbocycles. The molecule has 0 aromatic heterocycles. The quantitative estimate of drug-likeness (QED) is 0.281. The van der Waals surface area contributed by atoms with Gasteiger partial charge in [0.15, 0.2) is 5.96 Å². The average molecular weight is 553 g/mol. The zero-order chi connectivity index (χ0) is 21.9. The number of nitrogens with one attached hydrogen (secondary N) is 2. The maximum Gasteiger partial charge on any atom is 0.191 e. The number of guanidine groups is 1. The van der Waals surface area contributed by atoms with E-state index in [4.69, 9.17) is 9.47 Å². The summed E-state index contributed by atoms with van der Waals surface area (Å²) in [5.74, 6) is 0.799. The van der Waals surface area contributed by atoms with Gasteiger partial charge in [0.2, 0.25) is 0 Å². The van der Waals surface area contributed by atoms with Crippen LogP contribution in [0.3, 0.4) is 0 Å². The number of morpholine rings is 1. The Morgan fingerprint density at radius 1 is 0.969 bits per heavy atom. The zero-order valence-corrected chi connectivity index (χ0v) is 21.8. The lowest BCUT2D eigenvalue weighted by Gasteiger charge is -2.27. The SMILES string of the molecule is CN=C(NCc1ccc(COC(C)C)cc1)NCc1ccccc1CN1CCOCC1.I. The molecule has 1 fully saturated rings. The van der Waals surface area contributed by atoms with Gasteiger partial charge < -0.3 is 20.1 Å². The molecule has 0 aliphatic carbocycles. The van der Waals surface area contributed by atoms with Crippen LogP contribution in [0.1, 0.15) is 36.1 Å². The molecule has 2 aromatic rings. The first-order chi connectivity index (χ1) is 15.1. The number of nitrogens with zero attached hydrogens (tertiary/aromatic N) is 2. The van der Waals surface area contributed by atoms with Crippen LogP contribution in [-0.4, -0.2) is 50.3 Å². The number of rotatable bonds is 9. The van der Waals surface area contributed by atoms with Gasteiger partial charge in [0.25, 0.3) is 0 Å². The van der Waals surface area contributed by atoms with E-state index in [1.165, 1.54) is 22.3 Å². The highest BCUT2D eigenvalue weighted by atomic mass is 127. The van der Waals surface area contributed by atoms with E-state index in [1.807, 2.05) is 0 Å². The second-order valence-electron chi connectivity index (χ2n) is 8.11. The molecule has 176 valence electrons. The van der Waals surface area contributed by atoms with Crippen molar-refractivity contribution in [1.29, 1.82) is 0 Å². The first-order valence-corrected chi connectivity index (χ1v) is 11.1. The van der Waals surface area contributed by atoms with E-state index in [-0.39, 0.29) is 30.1 Å². The zero-order valence-electron chi connectivity index (χ0n) is 19.5. The molecule has 6 nitrogen and oxygen atoms in total. The fourth-order valence-electron chi connectivity index (χ4n) is 3.49. The highest BCUT2D eigenvalue weighted by molar-refractivity contribution is 14.0. The Bertz CT molecular complexity index is 821. The summed E-state index contributed by atoms with van der Waals surface area (Å²) in [5, 5.41) is 6.86. The van der Waals surface area contributed by atoms with Gasteiger partial charge in [-0.05, 0) is 36.1 Å². The van der Waals surface area contributed by atoms with Crippen LogP contribution >= 0.6 is 24.0 Å². The highest BCUT2D eigenvalue weighted by Crippen LogP contribution is 2.13. The maximum atomic E-state index is 5.66. The Morgan fingerprint density at radius 3 is 2.25 bits per heavy atom. The molecule has 0 spiro atoms. The van der Waals surface area contributed by atoms with Gasteiger partial charge >= 0.3 is 0 Å². The average Bonchev–Trinajstić information content (AvgIpc) is 2.80. The Hall–Kier alpha value is -1.68. The number of ether oxygens (including phenoxy) is 2. The number of hydrogen-bond donors (Lipinski definition) is 2. The van der Waals surface area contributed by atoms with Gasteiger partial charge in [0, 0.05) is 39.8 Å². The van der Waals surface area contributed by atoms with Crippen molar-refractivity contribution in [1.82, 2.24) is 15.5 Å². The Balaban J connectivity index is 0.00000363. The molecule has 0 atom stereocenters. The molecule has 0 radical (unpaired) electrons. The fourth-order valence-corrected chi connectivity index (χ4v) is 3.49. The summed E-state index contributed by atoms with van der Waals surface area (Å²) in [5.41, 5.74) is 5.05. The van der Waals surface area contributed by atoms with Crippen molar-refractivity contribution in [2.24, 2.45) is 4.99 Å². The van der Waals surface area contributed by atoms with Gasteiger partial charge in [-0.1, -0.05) is 48.5 Å². The monoisotopic (exact) mass is 552 g/mol. The van der Waals surface area contributed by atoms with Crippen molar-refractivity contribution < 1.29 is 9.47 Å². The maximum absolute atomic E-state index is 5.66. The van der Waals surface area contributed by atoms with E-state index in [9.17, 15) is 0 Å². The number of halogens is 1. The van der Waals surface area contributed by atoms with Crippen LogP contribution in [-0.2, 0) is 35.7 Å². The number of benzene rings is 2. The minimum atomic E-state index is 0. The standard InChI is InChI=1S/C25H36N4O2.HI/c1-20(2)31-19-22-10-8-21(9-11-22)16-27-25(26-3)28-17-23-6-4-5-7-24(23)18-29-12-14-30-15-13-29;/h4-11,20H,12-19H2,1-3H3,(H2,26,27,28);1H. The van der Waals surface area contributed by atoms with Gasteiger partial charge in [-0.2, -0.15) is 0 Å². The molecule has 3 rings (SSSR count). The minimum Gasteiger partial charge on any atom is -0.379 e. The van der Waals surface area contributed by atoms with E-state index in [0.717, 1.165) is 51.9 Å². The molecule has 0 amide bonds. The topological polar surface area (TPSA) is 58.1 Å². The van der Waals surface area contributed by atoms with Crippen molar-refractivity contribution in [2.75, 3.05) is 33.4 Å². The summed E-state index contributed by atoms with van der Waals surface area (Å²) >= 11 is 0. The molecule has 1 heterocycles. The van der Waals surface area contributed by atoms with E-state index in [2.05, 4.69) is 82.9 Å². The smallest absolute Gasteiger partial charge is 0.191 e. The molecule has 1 aliphatic rings. The summed E-state index contributed by atoms with van der Waals surface area (Å²) in [6.45, 7) is 10.8. The molecule has 1 aliphatic heterocycles. The Labute approximate surface area is 209 Å².